The van der Waals surface area contributed by atoms with Gasteiger partial charge in [-0.25, -0.2) is 9.67 Å². The molecule has 1 atom stereocenters. The van der Waals surface area contributed by atoms with Gasteiger partial charge in [-0.15, -0.1) is 16.4 Å². The van der Waals surface area contributed by atoms with Crippen LogP contribution < -0.4 is 5.32 Å². The summed E-state index contributed by atoms with van der Waals surface area (Å²) in [4.78, 5) is 16.7. The van der Waals surface area contributed by atoms with Gasteiger partial charge in [0.25, 0.3) is 5.91 Å². The Kier molecular flexibility index (Phi) is 4.92. The maximum atomic E-state index is 12.3. The fourth-order valence-electron chi connectivity index (χ4n) is 2.18. The molecule has 6 nitrogen and oxygen atoms in total. The first-order chi connectivity index (χ1) is 11.5. The van der Waals surface area contributed by atoms with Crippen molar-refractivity contribution in [1.82, 2.24) is 25.3 Å². The third-order valence-corrected chi connectivity index (χ3v) is 4.50. The predicted molar refractivity (Wildman–Crippen MR) is 93.3 cm³/mol. The van der Waals surface area contributed by atoms with Gasteiger partial charge in [0.05, 0.1) is 29.5 Å². The molecule has 0 saturated heterocycles. The van der Waals surface area contributed by atoms with E-state index in [9.17, 15) is 4.79 Å². The molecule has 0 unspecified atom stereocenters. The lowest BCUT2D eigenvalue weighted by molar-refractivity contribution is 0.0934. The fourth-order valence-corrected chi connectivity index (χ4v) is 3.01. The van der Waals surface area contributed by atoms with Crippen molar-refractivity contribution in [3.8, 4) is 0 Å². The number of thiazole rings is 1. The molecular formula is C16H16ClN5OS. The molecule has 24 heavy (non-hydrogen) atoms. The minimum absolute atomic E-state index is 0.177. The van der Waals surface area contributed by atoms with E-state index >= 15 is 0 Å². The van der Waals surface area contributed by atoms with Crippen molar-refractivity contribution < 1.29 is 4.79 Å². The summed E-state index contributed by atoms with van der Waals surface area (Å²) in [6.07, 6.45) is 1.63. The maximum absolute atomic E-state index is 12.3. The van der Waals surface area contributed by atoms with Gasteiger partial charge in [0.2, 0.25) is 0 Å². The lowest BCUT2D eigenvalue weighted by atomic mass is 10.2. The molecule has 3 rings (SSSR count). The molecule has 0 aliphatic carbocycles. The monoisotopic (exact) mass is 361 g/mol. The molecule has 0 radical (unpaired) electrons. The molecule has 2 aromatic heterocycles. The van der Waals surface area contributed by atoms with Crippen LogP contribution in [0.1, 0.15) is 39.7 Å². The van der Waals surface area contributed by atoms with Crippen molar-refractivity contribution in [2.24, 2.45) is 0 Å². The highest BCUT2D eigenvalue weighted by atomic mass is 35.5. The van der Waals surface area contributed by atoms with Gasteiger partial charge in [-0.1, -0.05) is 28.9 Å². The average molecular weight is 362 g/mol. The summed E-state index contributed by atoms with van der Waals surface area (Å²) in [5.41, 5.74) is 2.16. The molecule has 8 heteroatoms. The number of rotatable bonds is 5. The molecular weight excluding hydrogens is 346 g/mol. The number of aromatic nitrogens is 4. The van der Waals surface area contributed by atoms with Crippen molar-refractivity contribution in [2.45, 2.75) is 26.4 Å². The first-order valence-electron chi connectivity index (χ1n) is 7.39. The standard InChI is InChI=1S/C16H16ClN5OS/c1-10(15-9-24-11(2)19-15)18-16(23)14-8-22(21-20-14)7-12-3-5-13(17)6-4-12/h3-6,8-10H,7H2,1-2H3,(H,18,23)/t10-/m0/s1. The van der Waals surface area contributed by atoms with E-state index in [1.807, 2.05) is 43.5 Å². The minimum atomic E-state index is -0.268. The molecule has 1 N–H and O–H groups in total. The Morgan fingerprint density at radius 2 is 2.12 bits per heavy atom. The smallest absolute Gasteiger partial charge is 0.273 e. The number of carbonyl (C=O) groups is 1. The summed E-state index contributed by atoms with van der Waals surface area (Å²) < 4.78 is 1.62. The van der Waals surface area contributed by atoms with Gasteiger partial charge >= 0.3 is 0 Å². The highest BCUT2D eigenvalue weighted by Crippen LogP contribution is 2.16. The summed E-state index contributed by atoms with van der Waals surface area (Å²) in [6.45, 7) is 4.36. The SMILES string of the molecule is Cc1nc([C@H](C)NC(=O)c2cn(Cc3ccc(Cl)cc3)nn2)cs1. The molecule has 1 amide bonds. The van der Waals surface area contributed by atoms with Crippen LogP contribution in [0, 0.1) is 6.92 Å². The average Bonchev–Trinajstić information content (AvgIpc) is 3.19. The number of nitrogens with zero attached hydrogens (tertiary/aromatic N) is 4. The molecule has 3 aromatic rings. The summed E-state index contributed by atoms with van der Waals surface area (Å²) >= 11 is 7.43. The number of aryl methyl sites for hydroxylation is 1. The molecule has 124 valence electrons. The molecule has 0 aliphatic rings. The van der Waals surface area contributed by atoms with Crippen LogP contribution in [0.15, 0.2) is 35.8 Å². The molecule has 1 aromatic carbocycles. The van der Waals surface area contributed by atoms with Gasteiger partial charge in [0.1, 0.15) is 0 Å². The number of benzene rings is 1. The second-order valence-corrected chi connectivity index (χ2v) is 6.91. The molecule has 0 aliphatic heterocycles. The fraction of sp³-hybridized carbons (Fsp3) is 0.250. The highest BCUT2D eigenvalue weighted by molar-refractivity contribution is 7.09. The van der Waals surface area contributed by atoms with Crippen molar-refractivity contribution in [2.75, 3.05) is 0 Å². The summed E-state index contributed by atoms with van der Waals surface area (Å²) in [5, 5.41) is 14.4. The zero-order chi connectivity index (χ0) is 17.1. The lowest BCUT2D eigenvalue weighted by Crippen LogP contribution is -2.27. The molecule has 0 saturated carbocycles. The minimum Gasteiger partial charge on any atom is -0.342 e. The first kappa shape index (κ1) is 16.6. The molecule has 0 bridgehead atoms. The third kappa shape index (κ3) is 3.98. The van der Waals surface area contributed by atoms with Crippen molar-refractivity contribution in [3.63, 3.8) is 0 Å². The Labute approximate surface area is 148 Å². The van der Waals surface area contributed by atoms with Crippen LogP contribution >= 0.6 is 22.9 Å². The zero-order valence-corrected chi connectivity index (χ0v) is 14.8. The van der Waals surface area contributed by atoms with E-state index in [2.05, 4.69) is 20.6 Å². The van der Waals surface area contributed by atoms with Crippen LogP contribution in [0.3, 0.4) is 0 Å². The predicted octanol–water partition coefficient (Wildman–Crippen LogP) is 3.24. The van der Waals surface area contributed by atoms with Crippen LogP contribution in [-0.4, -0.2) is 25.9 Å². The second-order valence-electron chi connectivity index (χ2n) is 5.41. The number of nitrogens with one attached hydrogen (secondary N) is 1. The van der Waals surface area contributed by atoms with Gasteiger partial charge in [0.15, 0.2) is 5.69 Å². The van der Waals surface area contributed by atoms with Crippen molar-refractivity contribution in [3.05, 3.63) is 62.8 Å². The Hall–Kier alpha value is -2.25. The van der Waals surface area contributed by atoms with E-state index in [0.29, 0.717) is 11.6 Å². The quantitative estimate of drug-likeness (QED) is 0.757. The molecule has 0 fully saturated rings. The van der Waals surface area contributed by atoms with Crippen LogP contribution in [0.5, 0.6) is 0 Å². The first-order valence-corrected chi connectivity index (χ1v) is 8.64. The number of halogens is 1. The van der Waals surface area contributed by atoms with Gasteiger partial charge in [-0.3, -0.25) is 4.79 Å². The van der Waals surface area contributed by atoms with Crippen molar-refractivity contribution in [1.29, 1.82) is 0 Å². The van der Waals surface area contributed by atoms with Gasteiger partial charge in [-0.2, -0.15) is 0 Å². The summed E-state index contributed by atoms with van der Waals surface area (Å²) in [6, 6.07) is 7.29. The Morgan fingerprint density at radius 1 is 1.38 bits per heavy atom. The van der Waals surface area contributed by atoms with E-state index in [-0.39, 0.29) is 17.6 Å². The lowest BCUT2D eigenvalue weighted by Gasteiger charge is -2.09. The van der Waals surface area contributed by atoms with E-state index in [4.69, 9.17) is 11.6 Å². The topological polar surface area (TPSA) is 72.7 Å². The summed E-state index contributed by atoms with van der Waals surface area (Å²) in [5.74, 6) is -0.268. The van der Waals surface area contributed by atoms with E-state index < -0.39 is 0 Å². The van der Waals surface area contributed by atoms with Gasteiger partial charge in [0, 0.05) is 10.4 Å². The van der Waals surface area contributed by atoms with E-state index in [0.717, 1.165) is 16.3 Å². The van der Waals surface area contributed by atoms with E-state index in [1.165, 1.54) is 0 Å². The maximum Gasteiger partial charge on any atom is 0.273 e. The normalized spacial score (nSPS) is 12.1. The summed E-state index contributed by atoms with van der Waals surface area (Å²) in [7, 11) is 0. The van der Waals surface area contributed by atoms with E-state index in [1.54, 1.807) is 22.2 Å². The second kappa shape index (κ2) is 7.11. The van der Waals surface area contributed by atoms with Gasteiger partial charge in [-0.05, 0) is 31.5 Å². The third-order valence-electron chi connectivity index (χ3n) is 3.46. The molecule has 0 spiro atoms. The van der Waals surface area contributed by atoms with Crippen LogP contribution in [-0.2, 0) is 6.54 Å². The Morgan fingerprint density at radius 3 is 2.79 bits per heavy atom. The molecule has 2 heterocycles. The number of carbonyl (C=O) groups excluding carboxylic acids is 1. The van der Waals surface area contributed by atoms with Crippen LogP contribution in [0.2, 0.25) is 5.02 Å². The number of hydrogen-bond acceptors (Lipinski definition) is 5. The Balaban J connectivity index is 1.64. The number of hydrogen-bond donors (Lipinski definition) is 1. The van der Waals surface area contributed by atoms with Crippen molar-refractivity contribution >= 4 is 28.8 Å². The van der Waals surface area contributed by atoms with Crippen LogP contribution in [0.25, 0.3) is 0 Å². The largest absolute Gasteiger partial charge is 0.342 e. The van der Waals surface area contributed by atoms with Gasteiger partial charge < -0.3 is 5.32 Å². The highest BCUT2D eigenvalue weighted by Gasteiger charge is 2.16. The number of amides is 1. The van der Waals surface area contributed by atoms with Crippen LogP contribution in [0.4, 0.5) is 0 Å². The Bertz CT molecular complexity index is 842. The zero-order valence-electron chi connectivity index (χ0n) is 13.2.